The Bertz CT molecular complexity index is 2290. The lowest BCUT2D eigenvalue weighted by Gasteiger charge is -2.21. The van der Waals surface area contributed by atoms with Crippen molar-refractivity contribution >= 4 is 40.4 Å². The number of fused-ring (bicyclic) bond motifs is 2. The molecule has 0 radical (unpaired) electrons. The number of hydrogen-bond donors (Lipinski definition) is 0. The molecule has 10 nitrogen and oxygen atoms in total. The van der Waals surface area contributed by atoms with Crippen LogP contribution < -0.4 is 18.6 Å². The Morgan fingerprint density at radius 3 is 1.80 bits per heavy atom. The van der Waals surface area contributed by atoms with Gasteiger partial charge in [0.1, 0.15) is 17.2 Å². The topological polar surface area (TPSA) is 120 Å². The maximum absolute atomic E-state index is 13.5. The van der Waals surface area contributed by atoms with E-state index in [9.17, 15) is 23.4 Å². The molecule has 0 spiro atoms. The van der Waals surface area contributed by atoms with Crippen LogP contribution in [-0.4, -0.2) is 39.8 Å². The first-order valence-electron chi connectivity index (χ1n) is 16.0. The van der Waals surface area contributed by atoms with Crippen molar-refractivity contribution in [3.05, 3.63) is 137 Å². The number of carbonyl (C=O) groups is 4. The summed E-state index contributed by atoms with van der Waals surface area (Å²) in [4.78, 5) is 53.7. The summed E-state index contributed by atoms with van der Waals surface area (Å²) in [6.45, 7) is 8.36. The molecule has 0 saturated heterocycles. The van der Waals surface area contributed by atoms with Crippen molar-refractivity contribution in [1.29, 1.82) is 0 Å². The van der Waals surface area contributed by atoms with Crippen molar-refractivity contribution < 1.29 is 37.0 Å². The molecule has 256 valence electrons. The van der Waals surface area contributed by atoms with Crippen molar-refractivity contribution in [1.82, 2.24) is 4.90 Å². The fraction of sp³-hybridized carbons (Fsp3) is 0.150. The summed E-state index contributed by atoms with van der Waals surface area (Å²) < 4.78 is 31.2. The van der Waals surface area contributed by atoms with Crippen LogP contribution in [0, 0.1) is 6.92 Å². The minimum absolute atomic E-state index is 0.0722. The van der Waals surface area contributed by atoms with Gasteiger partial charge in [-0.05, 0) is 103 Å². The van der Waals surface area contributed by atoms with Gasteiger partial charge in [-0.1, -0.05) is 44.5 Å². The number of ether oxygens (including phenoxy) is 2. The lowest BCUT2D eigenvalue weighted by atomic mass is 9.87. The second-order valence-corrected chi connectivity index (χ2v) is 14.4. The first kappa shape index (κ1) is 33.4. The van der Waals surface area contributed by atoms with Gasteiger partial charge in [0.2, 0.25) is 11.1 Å². The second-order valence-electron chi connectivity index (χ2n) is 13.3. The van der Waals surface area contributed by atoms with E-state index in [1.807, 2.05) is 49.4 Å². The van der Waals surface area contributed by atoms with Crippen LogP contribution >= 0.6 is 0 Å². The smallest absolute Gasteiger partial charge is 0.266 e. The quantitative estimate of drug-likeness (QED) is 0.149. The highest BCUT2D eigenvalue weighted by Gasteiger charge is 2.38. The molecule has 0 aliphatic carbocycles. The van der Waals surface area contributed by atoms with Gasteiger partial charge in [0, 0.05) is 7.05 Å². The fourth-order valence-electron chi connectivity index (χ4n) is 5.75. The standard InChI is InChI=1S/C40H32N2O8S/c1-23-6-11-26(12-7-23)49-35-20-24(40(2,3)4)8-19-34(35)48-27-13-9-25(10-14-27)42-38(45)31-18-16-29(22-33(31)39(42)46)51(47)50-28-15-17-30-32(21-28)37(44)41(5)36(30)43/h6-22H,1-5H3. The van der Waals surface area contributed by atoms with Crippen LogP contribution in [0.3, 0.4) is 0 Å². The SMILES string of the molecule is Cc1ccc(Oc2cc(C(C)(C)C)ccc2Oc2ccc(N3C(=O)c4ccc(S(=O)Oc5ccc6c(c5)C(=O)N(C)C6=O)cc4C3=O)cc2)cc1. The van der Waals surface area contributed by atoms with Gasteiger partial charge in [0.25, 0.3) is 23.6 Å². The fourth-order valence-corrected chi connectivity index (χ4v) is 6.52. The lowest BCUT2D eigenvalue weighted by molar-refractivity contribution is 0.0692. The van der Waals surface area contributed by atoms with E-state index in [0.29, 0.717) is 28.7 Å². The molecule has 0 saturated carbocycles. The lowest BCUT2D eigenvalue weighted by Crippen LogP contribution is -2.29. The molecule has 11 heteroatoms. The van der Waals surface area contributed by atoms with E-state index in [1.54, 1.807) is 24.3 Å². The Balaban J connectivity index is 1.08. The second kappa shape index (κ2) is 12.7. The third-order valence-electron chi connectivity index (χ3n) is 8.66. The van der Waals surface area contributed by atoms with E-state index in [4.69, 9.17) is 13.7 Å². The summed E-state index contributed by atoms with van der Waals surface area (Å²) in [7, 11) is 1.38. The zero-order valence-electron chi connectivity index (χ0n) is 28.4. The Morgan fingerprint density at radius 2 is 1.12 bits per heavy atom. The molecule has 0 aromatic heterocycles. The van der Waals surface area contributed by atoms with E-state index in [0.717, 1.165) is 20.9 Å². The van der Waals surface area contributed by atoms with E-state index in [-0.39, 0.29) is 38.3 Å². The molecule has 0 fully saturated rings. The van der Waals surface area contributed by atoms with Crippen LogP contribution in [0.4, 0.5) is 5.69 Å². The van der Waals surface area contributed by atoms with E-state index in [2.05, 4.69) is 20.8 Å². The predicted octanol–water partition coefficient (Wildman–Crippen LogP) is 8.01. The average Bonchev–Trinajstić information content (AvgIpc) is 3.48. The van der Waals surface area contributed by atoms with E-state index >= 15 is 0 Å². The highest BCUT2D eigenvalue weighted by molar-refractivity contribution is 7.80. The number of imide groups is 2. The van der Waals surface area contributed by atoms with Crippen molar-refractivity contribution in [2.75, 3.05) is 11.9 Å². The molecule has 2 aliphatic rings. The molecule has 51 heavy (non-hydrogen) atoms. The van der Waals surface area contributed by atoms with Gasteiger partial charge in [-0.3, -0.25) is 24.1 Å². The Kier molecular flexibility index (Phi) is 8.31. The first-order valence-corrected chi connectivity index (χ1v) is 17.1. The summed E-state index contributed by atoms with van der Waals surface area (Å²) in [5.41, 5.74) is 3.00. The van der Waals surface area contributed by atoms with Gasteiger partial charge in [-0.15, -0.1) is 0 Å². The Hall–Kier alpha value is -6.07. The maximum Gasteiger partial charge on any atom is 0.266 e. The number of nitrogens with zero attached hydrogens (tertiary/aromatic N) is 2. The van der Waals surface area contributed by atoms with Gasteiger partial charge in [-0.2, -0.15) is 0 Å². The third-order valence-corrected chi connectivity index (χ3v) is 9.65. The van der Waals surface area contributed by atoms with Crippen molar-refractivity contribution in [2.45, 2.75) is 38.0 Å². The summed E-state index contributed by atoms with van der Waals surface area (Å²) in [6.07, 6.45) is 0. The minimum Gasteiger partial charge on any atom is -0.453 e. The van der Waals surface area contributed by atoms with Gasteiger partial charge < -0.3 is 13.7 Å². The normalized spacial score (nSPS) is 14.5. The Morgan fingerprint density at radius 1 is 0.569 bits per heavy atom. The molecule has 0 N–H and O–H groups in total. The monoisotopic (exact) mass is 700 g/mol. The van der Waals surface area contributed by atoms with Crippen LogP contribution in [0.1, 0.15) is 73.3 Å². The van der Waals surface area contributed by atoms with Crippen LogP contribution in [0.15, 0.2) is 108 Å². The highest BCUT2D eigenvalue weighted by atomic mass is 32.2. The number of aryl methyl sites for hydroxylation is 1. The zero-order valence-corrected chi connectivity index (χ0v) is 29.2. The first-order chi connectivity index (χ1) is 24.3. The van der Waals surface area contributed by atoms with Gasteiger partial charge in [0.15, 0.2) is 11.5 Å². The maximum atomic E-state index is 13.5. The van der Waals surface area contributed by atoms with Gasteiger partial charge in [-0.25, -0.2) is 9.11 Å². The summed E-state index contributed by atoms with van der Waals surface area (Å²) in [5, 5.41) is 0. The van der Waals surface area contributed by atoms with Gasteiger partial charge in [0.05, 0.1) is 32.8 Å². The van der Waals surface area contributed by atoms with Crippen molar-refractivity contribution in [2.24, 2.45) is 0 Å². The molecule has 0 bridgehead atoms. The molecule has 2 aliphatic heterocycles. The molecule has 7 rings (SSSR count). The minimum atomic E-state index is -2.10. The number of hydrogen-bond acceptors (Lipinski definition) is 8. The van der Waals surface area contributed by atoms with Crippen LogP contribution in [0.5, 0.6) is 28.7 Å². The number of amides is 4. The summed E-state index contributed by atoms with van der Waals surface area (Å²) in [6, 6.07) is 28.5. The third kappa shape index (κ3) is 6.28. The van der Waals surface area contributed by atoms with Crippen molar-refractivity contribution in [3.8, 4) is 28.7 Å². The molecule has 5 aromatic rings. The molecular weight excluding hydrogens is 669 g/mol. The molecular formula is C40H32N2O8S. The summed E-state index contributed by atoms with van der Waals surface area (Å²) in [5.74, 6) is 0.243. The Labute approximate surface area is 296 Å². The highest BCUT2D eigenvalue weighted by Crippen LogP contribution is 2.39. The molecule has 1 atom stereocenters. The molecule has 1 unspecified atom stereocenters. The van der Waals surface area contributed by atoms with Crippen LogP contribution in [-0.2, 0) is 16.5 Å². The number of carbonyl (C=O) groups excluding carboxylic acids is 4. The van der Waals surface area contributed by atoms with E-state index < -0.39 is 34.7 Å². The number of benzene rings is 5. The predicted molar refractivity (Wildman–Crippen MR) is 190 cm³/mol. The molecule has 2 heterocycles. The number of anilines is 1. The van der Waals surface area contributed by atoms with Crippen LogP contribution in [0.25, 0.3) is 0 Å². The summed E-state index contributed by atoms with van der Waals surface area (Å²) >= 11 is -2.10. The largest absolute Gasteiger partial charge is 0.453 e. The van der Waals surface area contributed by atoms with E-state index in [1.165, 1.54) is 43.4 Å². The number of rotatable bonds is 8. The van der Waals surface area contributed by atoms with Gasteiger partial charge >= 0.3 is 0 Å². The molecule has 5 aromatic carbocycles. The van der Waals surface area contributed by atoms with Crippen molar-refractivity contribution in [3.63, 3.8) is 0 Å². The molecule has 4 amide bonds. The average molecular weight is 701 g/mol. The van der Waals surface area contributed by atoms with Crippen LogP contribution in [0.2, 0.25) is 0 Å². The zero-order chi connectivity index (χ0) is 36.2.